The van der Waals surface area contributed by atoms with Crippen LogP contribution in [0.15, 0.2) is 146 Å². The molecule has 0 saturated heterocycles. The zero-order chi connectivity index (χ0) is 31.4. The molecule has 0 spiro atoms. The molecule has 0 aromatic heterocycles. The van der Waals surface area contributed by atoms with E-state index in [1.165, 1.54) is 65.9 Å². The summed E-state index contributed by atoms with van der Waals surface area (Å²) in [6.45, 7) is 8.84. The standard InChI is InChI=1S/C44H36N2/c1-29-13-11-19-35(25-29)45(33-15-7-5-8-16-33)41-27-31(3)37-22-24-40-42(28-32(4)38-21-23-39(41)43(37)44(38)40)46(34-17-9-6-10-18-34)36-20-12-14-30(2)26-36/h5-28H,1-4H3. The minimum Gasteiger partial charge on any atom is -0.310 e. The van der Waals surface area contributed by atoms with Crippen molar-refractivity contribution in [1.82, 2.24) is 0 Å². The second kappa shape index (κ2) is 11.1. The van der Waals surface area contributed by atoms with E-state index in [4.69, 9.17) is 0 Å². The third-order valence-corrected chi connectivity index (χ3v) is 9.30. The van der Waals surface area contributed by atoms with Gasteiger partial charge in [0, 0.05) is 33.5 Å². The first-order valence-corrected chi connectivity index (χ1v) is 16.0. The summed E-state index contributed by atoms with van der Waals surface area (Å²) >= 11 is 0. The van der Waals surface area contributed by atoms with Gasteiger partial charge in [-0.15, -0.1) is 0 Å². The maximum atomic E-state index is 2.42. The predicted molar refractivity (Wildman–Crippen MR) is 198 cm³/mol. The Balaban J connectivity index is 1.47. The van der Waals surface area contributed by atoms with Gasteiger partial charge in [-0.3, -0.25) is 0 Å². The normalized spacial score (nSPS) is 11.5. The number of benzene rings is 8. The van der Waals surface area contributed by atoms with Crippen LogP contribution >= 0.6 is 0 Å². The lowest BCUT2D eigenvalue weighted by Crippen LogP contribution is -2.12. The summed E-state index contributed by atoms with van der Waals surface area (Å²) in [5.41, 5.74) is 12.0. The maximum absolute atomic E-state index is 2.42. The Bertz CT molecular complexity index is 2190. The van der Waals surface area contributed by atoms with E-state index < -0.39 is 0 Å². The molecule has 0 aliphatic heterocycles. The van der Waals surface area contributed by atoms with Crippen LogP contribution in [0, 0.1) is 27.7 Å². The van der Waals surface area contributed by atoms with Gasteiger partial charge in [0.05, 0.1) is 11.4 Å². The SMILES string of the molecule is Cc1cccc(N(c2ccccc2)c2cc(C)c3ccc4c(N(c5ccccc5)c5cccc(C)c5)cc(C)c5ccc2c3c54)c1. The van der Waals surface area contributed by atoms with Crippen molar-refractivity contribution in [3.05, 3.63) is 168 Å². The molecular weight excluding hydrogens is 556 g/mol. The van der Waals surface area contributed by atoms with Gasteiger partial charge in [0.15, 0.2) is 0 Å². The summed E-state index contributed by atoms with van der Waals surface area (Å²) in [7, 11) is 0. The van der Waals surface area contributed by atoms with Crippen LogP contribution in [0.3, 0.4) is 0 Å². The van der Waals surface area contributed by atoms with E-state index in [0.29, 0.717) is 0 Å². The van der Waals surface area contributed by atoms with E-state index in [0.717, 1.165) is 22.7 Å². The number of aryl methyl sites for hydroxylation is 4. The summed E-state index contributed by atoms with van der Waals surface area (Å²) in [5.74, 6) is 0. The van der Waals surface area contributed by atoms with Crippen molar-refractivity contribution in [3.63, 3.8) is 0 Å². The van der Waals surface area contributed by atoms with Crippen LogP contribution in [0.2, 0.25) is 0 Å². The Morgan fingerprint density at radius 2 is 0.696 bits per heavy atom. The summed E-state index contributed by atoms with van der Waals surface area (Å²) in [4.78, 5) is 4.84. The quantitative estimate of drug-likeness (QED) is 0.177. The van der Waals surface area contributed by atoms with Crippen molar-refractivity contribution in [2.24, 2.45) is 0 Å². The van der Waals surface area contributed by atoms with Crippen LogP contribution in [-0.2, 0) is 0 Å². The molecule has 0 N–H and O–H groups in total. The van der Waals surface area contributed by atoms with E-state index in [9.17, 15) is 0 Å². The highest BCUT2D eigenvalue weighted by atomic mass is 15.1. The average molecular weight is 593 g/mol. The molecule has 0 bridgehead atoms. The summed E-state index contributed by atoms with van der Waals surface area (Å²) in [5, 5.41) is 7.74. The van der Waals surface area contributed by atoms with Crippen LogP contribution in [0.4, 0.5) is 34.1 Å². The predicted octanol–water partition coefficient (Wildman–Crippen LogP) is 12.8. The van der Waals surface area contributed by atoms with Crippen molar-refractivity contribution in [2.75, 3.05) is 9.80 Å². The van der Waals surface area contributed by atoms with Crippen LogP contribution in [0.25, 0.3) is 32.3 Å². The number of para-hydroxylation sites is 2. The molecule has 0 atom stereocenters. The second-order valence-corrected chi connectivity index (χ2v) is 12.5. The highest BCUT2D eigenvalue weighted by Gasteiger charge is 2.23. The lowest BCUT2D eigenvalue weighted by Gasteiger charge is -2.30. The van der Waals surface area contributed by atoms with E-state index in [2.05, 4.69) is 183 Å². The minimum absolute atomic E-state index is 1.15. The summed E-state index contributed by atoms with van der Waals surface area (Å²) in [6, 6.07) is 53.2. The second-order valence-electron chi connectivity index (χ2n) is 12.5. The zero-order valence-electron chi connectivity index (χ0n) is 26.8. The molecule has 2 heteroatoms. The van der Waals surface area contributed by atoms with Gasteiger partial charge in [0.2, 0.25) is 0 Å². The van der Waals surface area contributed by atoms with Gasteiger partial charge in [-0.05, 0) is 132 Å². The molecule has 0 fully saturated rings. The molecular formula is C44H36N2. The Morgan fingerprint density at radius 1 is 0.326 bits per heavy atom. The summed E-state index contributed by atoms with van der Waals surface area (Å²) < 4.78 is 0. The van der Waals surface area contributed by atoms with E-state index in [1.807, 2.05) is 0 Å². The van der Waals surface area contributed by atoms with Crippen molar-refractivity contribution >= 4 is 66.4 Å². The zero-order valence-corrected chi connectivity index (χ0v) is 26.8. The molecule has 222 valence electrons. The minimum atomic E-state index is 1.15. The number of rotatable bonds is 6. The Kier molecular flexibility index (Phi) is 6.73. The number of anilines is 6. The Morgan fingerprint density at radius 3 is 1.09 bits per heavy atom. The Labute approximate surface area is 271 Å². The van der Waals surface area contributed by atoms with E-state index in [1.54, 1.807) is 0 Å². The van der Waals surface area contributed by atoms with E-state index in [-0.39, 0.29) is 0 Å². The number of nitrogens with zero attached hydrogens (tertiary/aromatic N) is 2. The van der Waals surface area contributed by atoms with Gasteiger partial charge in [-0.1, -0.05) is 84.9 Å². The van der Waals surface area contributed by atoms with Gasteiger partial charge in [0.25, 0.3) is 0 Å². The molecule has 0 aliphatic carbocycles. The molecule has 8 rings (SSSR count). The number of hydrogen-bond acceptors (Lipinski definition) is 2. The lowest BCUT2D eigenvalue weighted by molar-refractivity contribution is 1.27. The highest BCUT2D eigenvalue weighted by Crippen LogP contribution is 2.49. The van der Waals surface area contributed by atoms with Crippen LogP contribution < -0.4 is 9.80 Å². The van der Waals surface area contributed by atoms with Crippen LogP contribution in [0.1, 0.15) is 22.3 Å². The van der Waals surface area contributed by atoms with Gasteiger partial charge in [-0.2, -0.15) is 0 Å². The average Bonchev–Trinajstić information content (AvgIpc) is 3.07. The molecule has 46 heavy (non-hydrogen) atoms. The third-order valence-electron chi connectivity index (χ3n) is 9.30. The van der Waals surface area contributed by atoms with Gasteiger partial charge in [0.1, 0.15) is 0 Å². The van der Waals surface area contributed by atoms with Crippen molar-refractivity contribution in [1.29, 1.82) is 0 Å². The molecule has 0 radical (unpaired) electrons. The van der Waals surface area contributed by atoms with Gasteiger partial charge in [-0.25, -0.2) is 0 Å². The van der Waals surface area contributed by atoms with E-state index >= 15 is 0 Å². The van der Waals surface area contributed by atoms with Crippen LogP contribution in [-0.4, -0.2) is 0 Å². The fourth-order valence-corrected chi connectivity index (χ4v) is 7.21. The fraction of sp³-hybridized carbons (Fsp3) is 0.0909. The molecule has 0 unspecified atom stereocenters. The third kappa shape index (κ3) is 4.57. The first kappa shape index (κ1) is 27.9. The Hall–Kier alpha value is -5.60. The molecule has 0 saturated carbocycles. The van der Waals surface area contributed by atoms with Crippen molar-refractivity contribution in [2.45, 2.75) is 27.7 Å². The smallest absolute Gasteiger partial charge is 0.0543 e. The van der Waals surface area contributed by atoms with Crippen molar-refractivity contribution in [3.8, 4) is 0 Å². The highest BCUT2D eigenvalue weighted by molar-refractivity contribution is 6.29. The monoisotopic (exact) mass is 592 g/mol. The molecule has 2 nitrogen and oxygen atoms in total. The molecule has 0 aliphatic rings. The van der Waals surface area contributed by atoms with Gasteiger partial charge < -0.3 is 9.80 Å². The maximum Gasteiger partial charge on any atom is 0.0543 e. The molecule has 8 aromatic rings. The molecule has 0 heterocycles. The first-order valence-electron chi connectivity index (χ1n) is 16.0. The van der Waals surface area contributed by atoms with Crippen molar-refractivity contribution < 1.29 is 0 Å². The molecule has 8 aromatic carbocycles. The summed E-state index contributed by atoms with van der Waals surface area (Å²) in [6.07, 6.45) is 0. The first-order chi connectivity index (χ1) is 22.5. The molecule has 0 amide bonds. The lowest BCUT2D eigenvalue weighted by atomic mass is 9.88. The largest absolute Gasteiger partial charge is 0.310 e. The topological polar surface area (TPSA) is 6.48 Å². The van der Waals surface area contributed by atoms with Gasteiger partial charge >= 0.3 is 0 Å². The van der Waals surface area contributed by atoms with Crippen LogP contribution in [0.5, 0.6) is 0 Å². The fourth-order valence-electron chi connectivity index (χ4n) is 7.21. The number of hydrogen-bond donors (Lipinski definition) is 0.